The quantitative estimate of drug-likeness (QED) is 0.733. The molecule has 1 aliphatic rings. The predicted molar refractivity (Wildman–Crippen MR) is 97.4 cm³/mol. The van der Waals surface area contributed by atoms with Gasteiger partial charge >= 0.3 is 0 Å². The van der Waals surface area contributed by atoms with Crippen LogP contribution in [0.25, 0.3) is 11.4 Å². The third-order valence-corrected chi connectivity index (χ3v) is 4.69. The lowest BCUT2D eigenvalue weighted by atomic mass is 10.1. The van der Waals surface area contributed by atoms with E-state index in [0.717, 1.165) is 55.3 Å². The minimum atomic E-state index is 0.396. The van der Waals surface area contributed by atoms with Gasteiger partial charge in [-0.05, 0) is 37.5 Å². The summed E-state index contributed by atoms with van der Waals surface area (Å²) in [6.07, 6.45) is 10.7. The Morgan fingerprint density at radius 1 is 1.16 bits per heavy atom. The van der Waals surface area contributed by atoms with Crippen LogP contribution >= 0.6 is 0 Å². The van der Waals surface area contributed by atoms with Crippen LogP contribution < -0.4 is 4.90 Å². The van der Waals surface area contributed by atoms with Crippen LogP contribution in [0.2, 0.25) is 0 Å². The van der Waals surface area contributed by atoms with Gasteiger partial charge in [0, 0.05) is 55.2 Å². The summed E-state index contributed by atoms with van der Waals surface area (Å²) in [5, 5.41) is 4.42. The van der Waals surface area contributed by atoms with Crippen molar-refractivity contribution in [2.75, 3.05) is 18.0 Å². The van der Waals surface area contributed by atoms with Gasteiger partial charge in [0.2, 0.25) is 0 Å². The number of piperidine rings is 1. The first-order valence-electron chi connectivity index (χ1n) is 8.86. The van der Waals surface area contributed by atoms with Crippen molar-refractivity contribution in [2.24, 2.45) is 0 Å². The highest BCUT2D eigenvalue weighted by atomic mass is 15.3. The van der Waals surface area contributed by atoms with Crippen molar-refractivity contribution in [1.29, 1.82) is 0 Å². The molecule has 3 aromatic rings. The smallest absolute Gasteiger partial charge is 0.161 e. The van der Waals surface area contributed by atoms with E-state index in [4.69, 9.17) is 9.97 Å². The first-order chi connectivity index (χ1) is 12.3. The number of anilines is 1. The van der Waals surface area contributed by atoms with E-state index < -0.39 is 0 Å². The normalized spacial score (nSPS) is 17.6. The van der Waals surface area contributed by atoms with Gasteiger partial charge in [0.25, 0.3) is 0 Å². The predicted octanol–water partition coefficient (Wildman–Crippen LogP) is 3.14. The van der Waals surface area contributed by atoms with Gasteiger partial charge in [0.1, 0.15) is 5.82 Å². The molecule has 4 rings (SSSR count). The molecule has 1 fully saturated rings. The number of hydrogen-bond donors (Lipinski definition) is 0. The molecule has 128 valence electrons. The molecule has 6 heteroatoms. The molecule has 0 aliphatic carbocycles. The summed E-state index contributed by atoms with van der Waals surface area (Å²) in [6.45, 7) is 4.08. The molecule has 0 amide bonds. The van der Waals surface area contributed by atoms with E-state index in [1.54, 1.807) is 12.4 Å². The Morgan fingerprint density at radius 2 is 2.04 bits per heavy atom. The number of hydrogen-bond acceptors (Lipinski definition) is 5. The van der Waals surface area contributed by atoms with Gasteiger partial charge in [-0.3, -0.25) is 9.67 Å². The highest BCUT2D eigenvalue weighted by molar-refractivity contribution is 5.57. The largest absolute Gasteiger partial charge is 0.354 e. The van der Waals surface area contributed by atoms with Crippen LogP contribution in [0.4, 0.5) is 5.82 Å². The third kappa shape index (κ3) is 3.38. The lowest BCUT2D eigenvalue weighted by molar-refractivity contribution is 0.375. The molecule has 1 saturated heterocycles. The minimum absolute atomic E-state index is 0.396. The second-order valence-electron chi connectivity index (χ2n) is 6.36. The van der Waals surface area contributed by atoms with E-state index in [1.165, 1.54) is 0 Å². The minimum Gasteiger partial charge on any atom is -0.354 e. The second-order valence-corrected chi connectivity index (χ2v) is 6.36. The van der Waals surface area contributed by atoms with Gasteiger partial charge < -0.3 is 4.90 Å². The fraction of sp³-hybridized carbons (Fsp3) is 0.368. The molecule has 0 spiro atoms. The number of aryl methyl sites for hydroxylation is 1. The SMILES string of the molecule is CCc1cc(N2CCCC(n3cccn3)C2)nc(-c2ccncc2)n1. The molecule has 1 aliphatic heterocycles. The molecule has 0 aromatic carbocycles. The zero-order valence-corrected chi connectivity index (χ0v) is 14.4. The highest BCUT2D eigenvalue weighted by Gasteiger charge is 2.23. The van der Waals surface area contributed by atoms with Crippen molar-refractivity contribution < 1.29 is 0 Å². The average Bonchev–Trinajstić information content (AvgIpc) is 3.23. The summed E-state index contributed by atoms with van der Waals surface area (Å²) in [4.78, 5) is 16.0. The van der Waals surface area contributed by atoms with E-state index in [2.05, 4.69) is 32.7 Å². The highest BCUT2D eigenvalue weighted by Crippen LogP contribution is 2.26. The standard InChI is InChI=1S/C19H22N6/c1-2-16-13-18(23-19(22-16)15-6-9-20-10-7-15)24-11-3-5-17(14-24)25-12-4-8-21-25/h4,6-10,12-13,17H,2-3,5,11,14H2,1H3. The summed E-state index contributed by atoms with van der Waals surface area (Å²) in [5.74, 6) is 1.79. The van der Waals surface area contributed by atoms with E-state index >= 15 is 0 Å². The molecule has 0 saturated carbocycles. The lowest BCUT2D eigenvalue weighted by Gasteiger charge is -2.34. The third-order valence-electron chi connectivity index (χ3n) is 4.69. The van der Waals surface area contributed by atoms with Gasteiger partial charge in [0.15, 0.2) is 5.82 Å². The molecule has 1 unspecified atom stereocenters. The Bertz CT molecular complexity index is 815. The molecule has 0 N–H and O–H groups in total. The maximum Gasteiger partial charge on any atom is 0.161 e. The maximum atomic E-state index is 4.85. The zero-order valence-electron chi connectivity index (χ0n) is 14.4. The van der Waals surface area contributed by atoms with Crippen LogP contribution in [0.15, 0.2) is 49.1 Å². The first kappa shape index (κ1) is 15.7. The fourth-order valence-corrected chi connectivity index (χ4v) is 3.33. The van der Waals surface area contributed by atoms with E-state index in [9.17, 15) is 0 Å². The molecule has 25 heavy (non-hydrogen) atoms. The van der Waals surface area contributed by atoms with Gasteiger partial charge in [-0.25, -0.2) is 9.97 Å². The van der Waals surface area contributed by atoms with Crippen LogP contribution in [-0.4, -0.2) is 37.8 Å². The molecule has 1 atom stereocenters. The summed E-state index contributed by atoms with van der Waals surface area (Å²) in [7, 11) is 0. The topological polar surface area (TPSA) is 59.7 Å². The Hall–Kier alpha value is -2.76. The summed E-state index contributed by atoms with van der Waals surface area (Å²) >= 11 is 0. The average molecular weight is 334 g/mol. The zero-order chi connectivity index (χ0) is 17.1. The van der Waals surface area contributed by atoms with Gasteiger partial charge in [-0.1, -0.05) is 6.92 Å². The number of aromatic nitrogens is 5. The van der Waals surface area contributed by atoms with Crippen LogP contribution in [0, 0.1) is 0 Å². The van der Waals surface area contributed by atoms with Crippen molar-refractivity contribution in [3.8, 4) is 11.4 Å². The van der Waals surface area contributed by atoms with Crippen LogP contribution in [0.1, 0.15) is 31.5 Å². The summed E-state index contributed by atoms with van der Waals surface area (Å²) in [6, 6.07) is 8.42. The van der Waals surface area contributed by atoms with E-state index in [-0.39, 0.29) is 0 Å². The van der Waals surface area contributed by atoms with Crippen molar-refractivity contribution in [3.05, 3.63) is 54.7 Å². The maximum absolute atomic E-state index is 4.85. The van der Waals surface area contributed by atoms with Gasteiger partial charge in [0.05, 0.1) is 6.04 Å². The Kier molecular flexibility index (Phi) is 4.41. The van der Waals surface area contributed by atoms with E-state index in [1.807, 2.05) is 30.6 Å². The van der Waals surface area contributed by atoms with Crippen LogP contribution in [0.3, 0.4) is 0 Å². The summed E-state index contributed by atoms with van der Waals surface area (Å²) < 4.78 is 2.07. The van der Waals surface area contributed by atoms with Gasteiger partial charge in [-0.15, -0.1) is 0 Å². The van der Waals surface area contributed by atoms with Gasteiger partial charge in [-0.2, -0.15) is 5.10 Å². The Labute approximate surface area is 147 Å². The van der Waals surface area contributed by atoms with Crippen molar-refractivity contribution >= 4 is 5.82 Å². The van der Waals surface area contributed by atoms with Crippen LogP contribution in [0.5, 0.6) is 0 Å². The molecular weight excluding hydrogens is 312 g/mol. The van der Waals surface area contributed by atoms with E-state index in [0.29, 0.717) is 6.04 Å². The monoisotopic (exact) mass is 334 g/mol. The number of pyridine rings is 1. The summed E-state index contributed by atoms with van der Waals surface area (Å²) in [5.41, 5.74) is 2.07. The Morgan fingerprint density at radius 3 is 2.80 bits per heavy atom. The van der Waals surface area contributed by atoms with Crippen molar-refractivity contribution in [2.45, 2.75) is 32.2 Å². The molecular formula is C19H22N6. The first-order valence-corrected chi connectivity index (χ1v) is 8.86. The number of rotatable bonds is 4. The van der Waals surface area contributed by atoms with Crippen LogP contribution in [-0.2, 0) is 6.42 Å². The second kappa shape index (κ2) is 7.01. The molecule has 0 radical (unpaired) electrons. The molecule has 3 aromatic heterocycles. The molecule has 4 heterocycles. The van der Waals surface area contributed by atoms with Crippen molar-refractivity contribution in [1.82, 2.24) is 24.7 Å². The van der Waals surface area contributed by atoms with Crippen molar-refractivity contribution in [3.63, 3.8) is 0 Å². The fourth-order valence-electron chi connectivity index (χ4n) is 3.33. The molecule has 6 nitrogen and oxygen atoms in total. The Balaban J connectivity index is 1.65. The number of nitrogens with zero attached hydrogens (tertiary/aromatic N) is 6. The molecule has 0 bridgehead atoms. The lowest BCUT2D eigenvalue weighted by Crippen LogP contribution is -2.37.